The van der Waals surface area contributed by atoms with Crippen LogP contribution in [0.2, 0.25) is 0 Å². The predicted octanol–water partition coefficient (Wildman–Crippen LogP) is 1.76. The van der Waals surface area contributed by atoms with Crippen LogP contribution in [-0.4, -0.2) is 80.3 Å². The number of hydroxylamine groups is 1. The van der Waals surface area contributed by atoms with E-state index < -0.39 is 27.1 Å². The van der Waals surface area contributed by atoms with E-state index in [4.69, 9.17) is 5.21 Å². The van der Waals surface area contributed by atoms with Crippen LogP contribution in [0, 0.1) is 33.6 Å². The first-order valence-corrected chi connectivity index (χ1v) is 13.0. The number of nitrogens with zero attached hydrogens (tertiary/aromatic N) is 3. The average molecular weight is 467 g/mol. The molecule has 1 aromatic rings. The van der Waals surface area contributed by atoms with E-state index in [1.54, 1.807) is 9.79 Å². The van der Waals surface area contributed by atoms with Crippen molar-refractivity contribution in [2.24, 2.45) is 5.92 Å². The molecule has 0 radical (unpaired) electrons. The van der Waals surface area contributed by atoms with Crippen LogP contribution in [0.1, 0.15) is 41.2 Å². The summed E-state index contributed by atoms with van der Waals surface area (Å²) in [5, 5.41) is 8.34. The molecular weight excluding hydrogens is 428 g/mol. The number of amides is 1. The van der Waals surface area contributed by atoms with E-state index in [2.05, 4.69) is 39.5 Å². The number of carbonyl (C=O) groups is 1. The SMILES string of the molecule is CCc1c(C)c(C)c(N2CCN(S(=O)(=O)C3CC(C(=O)NO)CN(C)C3)CC2)c(C)c1C. The molecule has 3 rings (SSSR count). The summed E-state index contributed by atoms with van der Waals surface area (Å²) in [7, 11) is -1.73. The number of sulfonamides is 1. The van der Waals surface area contributed by atoms with Gasteiger partial charge in [-0.05, 0) is 75.4 Å². The summed E-state index contributed by atoms with van der Waals surface area (Å²) >= 11 is 0. The zero-order valence-electron chi connectivity index (χ0n) is 20.2. The van der Waals surface area contributed by atoms with Crippen LogP contribution in [-0.2, 0) is 21.2 Å². The van der Waals surface area contributed by atoms with Gasteiger partial charge >= 0.3 is 0 Å². The van der Waals surface area contributed by atoms with Crippen molar-refractivity contribution in [2.75, 3.05) is 51.2 Å². The number of hydrogen-bond donors (Lipinski definition) is 2. The van der Waals surface area contributed by atoms with E-state index >= 15 is 0 Å². The molecule has 0 aromatic heterocycles. The predicted molar refractivity (Wildman–Crippen MR) is 127 cm³/mol. The Labute approximate surface area is 192 Å². The summed E-state index contributed by atoms with van der Waals surface area (Å²) < 4.78 is 28.4. The van der Waals surface area contributed by atoms with E-state index in [1.165, 1.54) is 33.5 Å². The minimum Gasteiger partial charge on any atom is -0.368 e. The number of nitrogens with one attached hydrogen (secondary N) is 1. The Morgan fingerprint density at radius 2 is 1.56 bits per heavy atom. The van der Waals surface area contributed by atoms with Crippen LogP contribution >= 0.6 is 0 Å². The lowest BCUT2D eigenvalue weighted by molar-refractivity contribution is -0.134. The second-order valence-corrected chi connectivity index (χ2v) is 11.6. The Morgan fingerprint density at radius 3 is 2.06 bits per heavy atom. The van der Waals surface area contributed by atoms with Crippen molar-refractivity contribution in [1.29, 1.82) is 0 Å². The van der Waals surface area contributed by atoms with Gasteiger partial charge in [0, 0.05) is 45.0 Å². The molecule has 2 aliphatic heterocycles. The molecule has 2 heterocycles. The van der Waals surface area contributed by atoms with Crippen LogP contribution in [0.4, 0.5) is 5.69 Å². The van der Waals surface area contributed by atoms with Gasteiger partial charge < -0.3 is 9.80 Å². The van der Waals surface area contributed by atoms with Gasteiger partial charge in [0.2, 0.25) is 15.9 Å². The highest BCUT2D eigenvalue weighted by molar-refractivity contribution is 7.89. The molecule has 1 aromatic carbocycles. The van der Waals surface area contributed by atoms with Crippen LogP contribution in [0.3, 0.4) is 0 Å². The van der Waals surface area contributed by atoms with Gasteiger partial charge in [0.25, 0.3) is 0 Å². The molecule has 2 unspecified atom stereocenters. The number of piperidine rings is 1. The monoisotopic (exact) mass is 466 g/mol. The Bertz CT molecular complexity index is 942. The van der Waals surface area contributed by atoms with Gasteiger partial charge in [-0.25, -0.2) is 13.9 Å². The van der Waals surface area contributed by atoms with Gasteiger partial charge in [0.05, 0.1) is 11.2 Å². The van der Waals surface area contributed by atoms with Gasteiger partial charge in [-0.1, -0.05) is 6.92 Å². The summed E-state index contributed by atoms with van der Waals surface area (Å²) in [6.45, 7) is 13.9. The number of likely N-dealkylation sites (tertiary alicyclic amines) is 1. The van der Waals surface area contributed by atoms with Crippen LogP contribution in [0.15, 0.2) is 0 Å². The average Bonchev–Trinajstić information content (AvgIpc) is 2.77. The summed E-state index contributed by atoms with van der Waals surface area (Å²) in [4.78, 5) is 16.1. The van der Waals surface area contributed by atoms with Crippen molar-refractivity contribution in [3.05, 3.63) is 27.8 Å². The first-order chi connectivity index (χ1) is 15.0. The molecule has 9 heteroatoms. The van der Waals surface area contributed by atoms with Crippen molar-refractivity contribution in [3.8, 4) is 0 Å². The highest BCUT2D eigenvalue weighted by Gasteiger charge is 2.41. The molecule has 8 nitrogen and oxygen atoms in total. The molecule has 180 valence electrons. The van der Waals surface area contributed by atoms with Crippen molar-refractivity contribution in [2.45, 2.75) is 52.7 Å². The fourth-order valence-electron chi connectivity index (χ4n) is 5.51. The van der Waals surface area contributed by atoms with Gasteiger partial charge in [-0.15, -0.1) is 0 Å². The molecular formula is C23H38N4O4S. The normalized spacial score (nSPS) is 23.4. The second kappa shape index (κ2) is 9.67. The number of rotatable bonds is 5. The molecule has 0 bridgehead atoms. The van der Waals surface area contributed by atoms with Gasteiger partial charge in [-0.2, -0.15) is 4.31 Å². The maximum absolute atomic E-state index is 13.4. The summed E-state index contributed by atoms with van der Waals surface area (Å²) in [6, 6.07) is 0. The highest BCUT2D eigenvalue weighted by Crippen LogP contribution is 2.35. The van der Waals surface area contributed by atoms with E-state index in [9.17, 15) is 13.2 Å². The zero-order valence-corrected chi connectivity index (χ0v) is 21.0. The van der Waals surface area contributed by atoms with Gasteiger partial charge in [0.15, 0.2) is 0 Å². The first kappa shape index (κ1) is 25.0. The number of carbonyl (C=O) groups excluding carboxylic acids is 1. The van der Waals surface area contributed by atoms with E-state index in [1.807, 2.05) is 11.9 Å². The Kier molecular flexibility index (Phi) is 7.54. The van der Waals surface area contributed by atoms with Crippen molar-refractivity contribution < 1.29 is 18.4 Å². The maximum atomic E-state index is 13.4. The minimum absolute atomic E-state index is 0.231. The first-order valence-electron chi connectivity index (χ1n) is 11.5. The molecule has 2 saturated heterocycles. The van der Waals surface area contributed by atoms with Crippen LogP contribution < -0.4 is 10.4 Å². The lowest BCUT2D eigenvalue weighted by Gasteiger charge is -2.41. The van der Waals surface area contributed by atoms with Crippen molar-refractivity contribution in [1.82, 2.24) is 14.7 Å². The standard InChI is InChI=1S/C23H38N4O4S/c1-7-21-15(2)17(4)22(18(5)16(21)3)26-8-10-27(11-9-26)32(30,31)20-12-19(23(28)24-29)13-25(6)14-20/h19-20,29H,7-14H2,1-6H3,(H,24,28). The quantitative estimate of drug-likeness (QED) is 0.507. The van der Waals surface area contributed by atoms with E-state index in [0.717, 1.165) is 6.42 Å². The molecule has 2 atom stereocenters. The van der Waals surface area contributed by atoms with Crippen molar-refractivity contribution in [3.63, 3.8) is 0 Å². The van der Waals surface area contributed by atoms with Crippen LogP contribution in [0.5, 0.6) is 0 Å². The summed E-state index contributed by atoms with van der Waals surface area (Å²) in [5.74, 6) is -1.05. The largest absolute Gasteiger partial charge is 0.368 e. The fourth-order valence-corrected chi connectivity index (χ4v) is 7.53. The Morgan fingerprint density at radius 1 is 1.00 bits per heavy atom. The van der Waals surface area contributed by atoms with Crippen LogP contribution in [0.25, 0.3) is 0 Å². The third-order valence-corrected chi connectivity index (χ3v) is 9.77. The van der Waals surface area contributed by atoms with E-state index in [0.29, 0.717) is 39.3 Å². The molecule has 1 amide bonds. The smallest absolute Gasteiger partial charge is 0.247 e. The number of benzene rings is 1. The third-order valence-electron chi connectivity index (χ3n) is 7.51. The number of piperazine rings is 1. The maximum Gasteiger partial charge on any atom is 0.247 e. The minimum atomic E-state index is -3.54. The molecule has 0 aliphatic carbocycles. The topological polar surface area (TPSA) is 93.2 Å². The van der Waals surface area contributed by atoms with E-state index in [-0.39, 0.29) is 6.42 Å². The lowest BCUT2D eigenvalue weighted by Crippen LogP contribution is -2.56. The Balaban J connectivity index is 1.76. The summed E-state index contributed by atoms with van der Waals surface area (Å²) in [6.07, 6.45) is 1.24. The highest BCUT2D eigenvalue weighted by atomic mass is 32.2. The third kappa shape index (κ3) is 4.53. The van der Waals surface area contributed by atoms with Gasteiger partial charge in [-0.3, -0.25) is 10.0 Å². The second-order valence-electron chi connectivity index (χ2n) is 9.36. The number of anilines is 1. The zero-order chi connectivity index (χ0) is 23.8. The molecule has 0 spiro atoms. The lowest BCUT2D eigenvalue weighted by atomic mass is 9.90. The Hall–Kier alpha value is -1.68. The fraction of sp³-hybridized carbons (Fsp3) is 0.696. The molecule has 2 aliphatic rings. The number of hydrogen-bond acceptors (Lipinski definition) is 6. The molecule has 32 heavy (non-hydrogen) atoms. The molecule has 2 fully saturated rings. The van der Waals surface area contributed by atoms with Gasteiger partial charge in [0.1, 0.15) is 0 Å². The molecule has 2 N–H and O–H groups in total. The summed E-state index contributed by atoms with van der Waals surface area (Å²) in [5.41, 5.74) is 9.57. The van der Waals surface area contributed by atoms with Crippen molar-refractivity contribution >= 4 is 21.6 Å². The molecule has 0 saturated carbocycles.